The third kappa shape index (κ3) is 33.3. The number of esters is 2. The molecule has 1 N–H and O–H groups in total. The maximum absolute atomic E-state index is 12.5. The fraction of sp³-hybridized carbons (Fsp3) is 0.846. The fourth-order valence-corrected chi connectivity index (χ4v) is 5.11. The lowest BCUT2D eigenvalue weighted by Crippen LogP contribution is -2.28. The van der Waals surface area contributed by atoms with Crippen LogP contribution >= 0.6 is 0 Å². The molecule has 1 atom stereocenters. The van der Waals surface area contributed by atoms with Gasteiger partial charge in [0, 0.05) is 12.8 Å². The molecular formula is C39H72O5. The Labute approximate surface area is 280 Å². The van der Waals surface area contributed by atoms with Crippen LogP contribution in [0.15, 0.2) is 24.3 Å². The Morgan fingerprint density at radius 1 is 0.591 bits per heavy atom. The minimum atomic E-state index is -3.61. The van der Waals surface area contributed by atoms with Crippen molar-refractivity contribution < 1.29 is 31.0 Å². The number of hydrogen-bond acceptors (Lipinski definition) is 5. The molecule has 1 unspecified atom stereocenters. The van der Waals surface area contributed by atoms with E-state index in [9.17, 15) is 14.7 Å². The molecule has 0 radical (unpaired) electrons. The zero-order valence-corrected chi connectivity index (χ0v) is 28.7. The quantitative estimate of drug-likeness (QED) is 0.0437. The molecule has 0 heterocycles. The van der Waals surface area contributed by atoms with Crippen molar-refractivity contribution in [3.63, 3.8) is 0 Å². The summed E-state index contributed by atoms with van der Waals surface area (Å²) in [6.45, 7) is -2.57. The molecule has 0 bridgehead atoms. The largest absolute Gasteiger partial charge is 0.462 e. The Balaban J connectivity index is 4.22. The third-order valence-corrected chi connectivity index (χ3v) is 7.89. The predicted octanol–water partition coefficient (Wildman–Crippen LogP) is 11.5. The van der Waals surface area contributed by atoms with Gasteiger partial charge in [-0.3, -0.25) is 9.59 Å². The molecule has 5 heteroatoms. The Kier molecular flexibility index (Phi) is 27.5. The summed E-state index contributed by atoms with van der Waals surface area (Å²) in [6, 6.07) is 0. The van der Waals surface area contributed by atoms with Gasteiger partial charge < -0.3 is 14.6 Å². The molecule has 0 rings (SSSR count). The van der Waals surface area contributed by atoms with Crippen molar-refractivity contribution in [1.29, 1.82) is 0 Å². The van der Waals surface area contributed by atoms with Crippen molar-refractivity contribution in [2.24, 2.45) is 0 Å². The summed E-state index contributed by atoms with van der Waals surface area (Å²) < 4.78 is 49.3. The van der Waals surface area contributed by atoms with Gasteiger partial charge in [-0.05, 0) is 44.9 Å². The summed E-state index contributed by atoms with van der Waals surface area (Å²) >= 11 is 0. The van der Waals surface area contributed by atoms with Gasteiger partial charge in [-0.25, -0.2) is 0 Å². The number of aliphatic hydroxyl groups is 1. The molecular weight excluding hydrogens is 548 g/mol. The number of allylic oxidation sites excluding steroid dienone is 4. The molecule has 0 fully saturated rings. The number of rotatable bonds is 34. The van der Waals surface area contributed by atoms with Gasteiger partial charge in [0.1, 0.15) is 6.56 Å². The molecule has 5 nitrogen and oxygen atoms in total. The summed E-state index contributed by atoms with van der Waals surface area (Å²) in [5.41, 5.74) is 0. The van der Waals surface area contributed by atoms with Gasteiger partial charge in [0.05, 0.1) is 13.4 Å². The second kappa shape index (κ2) is 35.9. The van der Waals surface area contributed by atoms with Crippen LogP contribution in [0.25, 0.3) is 0 Å². The first-order valence-corrected chi connectivity index (χ1v) is 18.4. The molecule has 258 valence electrons. The summed E-state index contributed by atoms with van der Waals surface area (Å²) in [5, 5.41) is 9.98. The molecule has 0 spiro atoms. The molecule has 0 aromatic carbocycles. The standard InChI is InChI=1S/C39H72O5/c1-3-5-7-9-11-13-15-17-19-21-23-25-27-29-31-33-38(41)43-36-37(35-40)44-39(42)34-32-30-28-26-24-22-20-18-16-14-12-10-8-6-4-2/h12,14,18,20,37,40H,3-11,13,15-17,19,21-36H2,1-2H3/b14-12-,20-18-/i35D2,36D2,37D. The van der Waals surface area contributed by atoms with E-state index in [1.807, 2.05) is 0 Å². The van der Waals surface area contributed by atoms with Gasteiger partial charge in [0.15, 0.2) is 6.08 Å². The Morgan fingerprint density at radius 3 is 1.45 bits per heavy atom. The summed E-state index contributed by atoms with van der Waals surface area (Å²) in [5.74, 6) is -1.99. The van der Waals surface area contributed by atoms with Crippen LogP contribution in [0, 0.1) is 0 Å². The number of unbranched alkanes of at least 4 members (excludes halogenated alkanes) is 22. The van der Waals surface area contributed by atoms with Gasteiger partial charge in [-0.2, -0.15) is 0 Å². The van der Waals surface area contributed by atoms with Crippen molar-refractivity contribution >= 4 is 11.9 Å². The first-order chi connectivity index (χ1) is 23.4. The van der Waals surface area contributed by atoms with E-state index in [1.165, 1.54) is 83.5 Å². The zero-order chi connectivity index (χ0) is 36.7. The molecule has 0 saturated carbocycles. The second-order valence-electron chi connectivity index (χ2n) is 12.2. The molecule has 0 amide bonds. The first-order valence-electron chi connectivity index (χ1n) is 20.9. The average Bonchev–Trinajstić information content (AvgIpc) is 3.03. The van der Waals surface area contributed by atoms with Crippen LogP contribution in [0.2, 0.25) is 0 Å². The van der Waals surface area contributed by atoms with E-state index in [0.29, 0.717) is 12.8 Å². The van der Waals surface area contributed by atoms with Gasteiger partial charge in [0.2, 0.25) is 0 Å². The summed E-state index contributed by atoms with van der Waals surface area (Å²) in [7, 11) is 0. The second-order valence-corrected chi connectivity index (χ2v) is 12.2. The SMILES string of the molecule is [2H]C([2H])(O)C([2H])(OC(=O)CCCCCCC/C=C\C/C=C\CCCCC)C([2H])([2H])OC(=O)CCCCCCCCCCCCCCCCC. The highest BCUT2D eigenvalue weighted by atomic mass is 16.6. The molecule has 0 aromatic rings. The van der Waals surface area contributed by atoms with E-state index in [4.69, 9.17) is 16.3 Å². The van der Waals surface area contributed by atoms with Crippen LogP contribution in [0.1, 0.15) is 200 Å². The van der Waals surface area contributed by atoms with Gasteiger partial charge in [-0.1, -0.05) is 160 Å². The topological polar surface area (TPSA) is 72.8 Å². The smallest absolute Gasteiger partial charge is 0.306 e. The Morgan fingerprint density at radius 2 is 0.977 bits per heavy atom. The molecule has 0 aromatic heterocycles. The van der Waals surface area contributed by atoms with E-state index >= 15 is 0 Å². The number of carbonyl (C=O) groups is 2. The minimum Gasteiger partial charge on any atom is -0.462 e. The zero-order valence-electron chi connectivity index (χ0n) is 33.7. The van der Waals surface area contributed by atoms with E-state index < -0.39 is 31.1 Å². The Hall–Kier alpha value is -1.62. The highest BCUT2D eigenvalue weighted by Crippen LogP contribution is 2.14. The molecule has 44 heavy (non-hydrogen) atoms. The number of carbonyl (C=O) groups excluding carboxylic acids is 2. The molecule has 0 aliphatic carbocycles. The fourth-order valence-electron chi connectivity index (χ4n) is 5.11. The highest BCUT2D eigenvalue weighted by Gasteiger charge is 2.16. The summed E-state index contributed by atoms with van der Waals surface area (Å²) in [6.07, 6.45) is 33.5. The van der Waals surface area contributed by atoms with Crippen LogP contribution in [0.5, 0.6) is 0 Å². The highest BCUT2D eigenvalue weighted by molar-refractivity contribution is 5.70. The van der Waals surface area contributed by atoms with Crippen molar-refractivity contribution in [3.8, 4) is 0 Å². The maximum atomic E-state index is 12.5. The van der Waals surface area contributed by atoms with E-state index in [2.05, 4.69) is 38.2 Å². The van der Waals surface area contributed by atoms with Crippen LogP contribution in [0.4, 0.5) is 0 Å². The third-order valence-electron chi connectivity index (χ3n) is 7.89. The molecule has 0 saturated heterocycles. The van der Waals surface area contributed by atoms with Crippen molar-refractivity contribution in [2.75, 3.05) is 13.1 Å². The minimum absolute atomic E-state index is 0.109. The number of ether oxygens (including phenoxy) is 2. The lowest BCUT2D eigenvalue weighted by Gasteiger charge is -2.15. The van der Waals surface area contributed by atoms with Gasteiger partial charge in [-0.15, -0.1) is 0 Å². The van der Waals surface area contributed by atoms with Crippen molar-refractivity contribution in [1.82, 2.24) is 0 Å². The van der Waals surface area contributed by atoms with Crippen molar-refractivity contribution in [3.05, 3.63) is 24.3 Å². The molecule has 0 aliphatic rings. The lowest BCUT2D eigenvalue weighted by molar-refractivity contribution is -0.161. The first kappa shape index (κ1) is 33.7. The Bertz CT molecular complexity index is 874. The van der Waals surface area contributed by atoms with Crippen LogP contribution in [0.3, 0.4) is 0 Å². The average molecular weight is 626 g/mol. The number of hydrogen-bond donors (Lipinski definition) is 1. The normalized spacial score (nSPS) is 15.4. The van der Waals surface area contributed by atoms with E-state index in [0.717, 1.165) is 70.6 Å². The monoisotopic (exact) mass is 626 g/mol. The van der Waals surface area contributed by atoms with E-state index in [-0.39, 0.29) is 12.8 Å². The van der Waals surface area contributed by atoms with Crippen LogP contribution in [-0.2, 0) is 19.1 Å². The lowest BCUT2D eigenvalue weighted by atomic mass is 10.0. The van der Waals surface area contributed by atoms with E-state index in [1.54, 1.807) is 0 Å². The van der Waals surface area contributed by atoms with Crippen LogP contribution < -0.4 is 0 Å². The van der Waals surface area contributed by atoms with Gasteiger partial charge >= 0.3 is 11.9 Å². The molecule has 0 aliphatic heterocycles. The van der Waals surface area contributed by atoms with Gasteiger partial charge in [0.25, 0.3) is 0 Å². The summed E-state index contributed by atoms with van der Waals surface area (Å²) in [4.78, 5) is 24.8. The predicted molar refractivity (Wildman–Crippen MR) is 187 cm³/mol. The van der Waals surface area contributed by atoms with Crippen LogP contribution in [-0.4, -0.2) is 36.2 Å². The van der Waals surface area contributed by atoms with Crippen molar-refractivity contribution in [2.45, 2.75) is 200 Å². The maximum Gasteiger partial charge on any atom is 0.306 e.